The van der Waals surface area contributed by atoms with Gasteiger partial charge in [0.25, 0.3) is 0 Å². The Kier molecular flexibility index (Phi) is 6.87. The smallest absolute Gasteiger partial charge is 0.338 e. The Bertz CT molecular complexity index is 1260. The summed E-state index contributed by atoms with van der Waals surface area (Å²) in [4.78, 5) is 35.4. The molecule has 34 heavy (non-hydrogen) atoms. The van der Waals surface area contributed by atoms with Crippen molar-refractivity contribution in [2.24, 2.45) is 11.8 Å². The molecule has 2 aromatic heterocycles. The Morgan fingerprint density at radius 3 is 1.44 bits per heavy atom. The largest absolute Gasteiger partial charge is 0.462 e. The van der Waals surface area contributed by atoms with Gasteiger partial charge in [0.15, 0.2) is 0 Å². The van der Waals surface area contributed by atoms with Crippen LogP contribution in [0, 0.1) is 11.8 Å². The number of carbonyl (C=O) groups excluding carboxylic acids is 2. The van der Waals surface area contributed by atoms with Gasteiger partial charge in [-0.15, -0.1) is 0 Å². The second-order valence-electron chi connectivity index (χ2n) is 9.13. The third kappa shape index (κ3) is 5.06. The first-order valence-electron chi connectivity index (χ1n) is 11.5. The van der Waals surface area contributed by atoms with Crippen molar-refractivity contribution < 1.29 is 19.1 Å². The van der Waals surface area contributed by atoms with Gasteiger partial charge in [0.2, 0.25) is 0 Å². The summed E-state index contributed by atoms with van der Waals surface area (Å²) >= 11 is 0. The van der Waals surface area contributed by atoms with Crippen LogP contribution in [0.4, 0.5) is 0 Å². The zero-order valence-corrected chi connectivity index (χ0v) is 19.9. The molecule has 0 aliphatic heterocycles. The number of para-hydroxylation sites is 2. The summed E-state index contributed by atoms with van der Waals surface area (Å²) < 4.78 is 11.0. The van der Waals surface area contributed by atoms with Crippen LogP contribution >= 0.6 is 0 Å². The van der Waals surface area contributed by atoms with E-state index >= 15 is 0 Å². The van der Waals surface area contributed by atoms with E-state index in [0.29, 0.717) is 57.5 Å². The van der Waals surface area contributed by atoms with Crippen LogP contribution in [0.2, 0.25) is 0 Å². The maximum absolute atomic E-state index is 12.9. The fraction of sp³-hybridized carbons (Fsp3) is 0.286. The van der Waals surface area contributed by atoms with E-state index in [9.17, 15) is 9.59 Å². The summed E-state index contributed by atoms with van der Waals surface area (Å²) in [7, 11) is 0. The number of fused-ring (bicyclic) bond motifs is 2. The second kappa shape index (κ2) is 10.00. The average molecular weight is 457 g/mol. The van der Waals surface area contributed by atoms with E-state index in [1.54, 1.807) is 12.1 Å². The molecular weight excluding hydrogens is 428 g/mol. The van der Waals surface area contributed by atoms with Crippen molar-refractivity contribution in [3.05, 3.63) is 71.8 Å². The quantitative estimate of drug-likeness (QED) is 0.314. The zero-order chi connectivity index (χ0) is 24.2. The van der Waals surface area contributed by atoms with Crippen LogP contribution in [0.15, 0.2) is 60.7 Å². The first kappa shape index (κ1) is 23.4. The number of rotatable bonds is 7. The maximum Gasteiger partial charge on any atom is 0.338 e. The minimum absolute atomic E-state index is 0.220. The molecule has 0 atom stereocenters. The Hall–Kier alpha value is -3.80. The number of aromatic nitrogens is 2. The first-order chi connectivity index (χ1) is 16.3. The van der Waals surface area contributed by atoms with Crippen LogP contribution in [-0.4, -0.2) is 35.1 Å². The van der Waals surface area contributed by atoms with Crippen molar-refractivity contribution in [3.63, 3.8) is 0 Å². The lowest BCUT2D eigenvalue weighted by Gasteiger charge is -2.13. The SMILES string of the molecule is CC(C)COC(=O)c1cc(-c2cc(C(=O)OCC(C)C)c3ccccc3n2)nc2ccccc12. The molecule has 0 amide bonds. The zero-order valence-electron chi connectivity index (χ0n) is 19.9. The van der Waals surface area contributed by atoms with Gasteiger partial charge in [0.1, 0.15) is 0 Å². The van der Waals surface area contributed by atoms with Crippen molar-refractivity contribution in [1.29, 1.82) is 0 Å². The normalized spacial score (nSPS) is 11.4. The standard InChI is InChI=1S/C28H28N2O4/c1-17(2)15-33-27(31)21-13-25(29-23-11-7-5-9-19(21)23)26-14-22(28(32)34-16-18(3)4)20-10-6-8-12-24(20)30-26/h5-14,17-18H,15-16H2,1-4H3. The van der Waals surface area contributed by atoms with E-state index in [-0.39, 0.29) is 11.8 Å². The van der Waals surface area contributed by atoms with Crippen molar-refractivity contribution in [2.75, 3.05) is 13.2 Å². The monoisotopic (exact) mass is 456 g/mol. The fourth-order valence-electron chi connectivity index (χ4n) is 3.59. The van der Waals surface area contributed by atoms with Crippen LogP contribution in [0.25, 0.3) is 33.2 Å². The van der Waals surface area contributed by atoms with E-state index < -0.39 is 11.9 Å². The molecule has 0 aliphatic rings. The average Bonchev–Trinajstić information content (AvgIpc) is 2.84. The molecule has 174 valence electrons. The summed E-state index contributed by atoms with van der Waals surface area (Å²) in [6.45, 7) is 8.60. The molecule has 2 aromatic carbocycles. The number of pyridine rings is 2. The Labute approximate surface area is 198 Å². The fourth-order valence-corrected chi connectivity index (χ4v) is 3.59. The molecule has 0 aliphatic carbocycles. The first-order valence-corrected chi connectivity index (χ1v) is 11.5. The molecule has 6 heteroatoms. The topological polar surface area (TPSA) is 78.4 Å². The number of nitrogens with zero attached hydrogens (tertiary/aromatic N) is 2. The molecule has 4 aromatic rings. The molecule has 0 spiro atoms. The molecule has 6 nitrogen and oxygen atoms in total. The van der Waals surface area contributed by atoms with Gasteiger partial charge >= 0.3 is 11.9 Å². The van der Waals surface area contributed by atoms with Gasteiger partial charge < -0.3 is 9.47 Å². The van der Waals surface area contributed by atoms with Gasteiger partial charge in [-0.2, -0.15) is 0 Å². The van der Waals surface area contributed by atoms with E-state index in [1.807, 2.05) is 76.2 Å². The van der Waals surface area contributed by atoms with Crippen LogP contribution in [0.3, 0.4) is 0 Å². The number of esters is 2. The third-order valence-corrected chi connectivity index (χ3v) is 5.23. The molecule has 0 unspecified atom stereocenters. The number of carbonyl (C=O) groups is 2. The lowest BCUT2D eigenvalue weighted by molar-refractivity contribution is 0.0452. The maximum atomic E-state index is 12.9. The molecule has 0 saturated carbocycles. The number of hydrogen-bond acceptors (Lipinski definition) is 6. The summed E-state index contributed by atoms with van der Waals surface area (Å²) in [5.74, 6) is -0.381. The van der Waals surface area contributed by atoms with Crippen LogP contribution in [-0.2, 0) is 9.47 Å². The third-order valence-electron chi connectivity index (χ3n) is 5.23. The van der Waals surface area contributed by atoms with E-state index in [1.165, 1.54) is 0 Å². The van der Waals surface area contributed by atoms with Crippen LogP contribution in [0.1, 0.15) is 48.4 Å². The minimum Gasteiger partial charge on any atom is -0.462 e. The second-order valence-corrected chi connectivity index (χ2v) is 9.13. The summed E-state index contributed by atoms with van der Waals surface area (Å²) in [6, 6.07) is 18.2. The molecule has 2 heterocycles. The Morgan fingerprint density at radius 1 is 0.676 bits per heavy atom. The molecule has 0 saturated heterocycles. The highest BCUT2D eigenvalue weighted by Gasteiger charge is 2.19. The van der Waals surface area contributed by atoms with Crippen molar-refractivity contribution >= 4 is 33.7 Å². The van der Waals surface area contributed by atoms with Gasteiger partial charge in [-0.3, -0.25) is 0 Å². The van der Waals surface area contributed by atoms with Crippen molar-refractivity contribution in [1.82, 2.24) is 9.97 Å². The molecule has 0 N–H and O–H groups in total. The summed E-state index contributed by atoms with van der Waals surface area (Å²) in [5.41, 5.74) is 3.10. The molecular formula is C28H28N2O4. The van der Waals surface area contributed by atoms with Crippen LogP contribution in [0.5, 0.6) is 0 Å². The van der Waals surface area contributed by atoms with E-state index in [2.05, 4.69) is 0 Å². The molecule has 4 rings (SSSR count). The predicted molar refractivity (Wildman–Crippen MR) is 133 cm³/mol. The summed E-state index contributed by atoms with van der Waals surface area (Å²) in [5, 5.41) is 1.41. The molecule has 0 fully saturated rings. The Balaban J connectivity index is 1.85. The van der Waals surface area contributed by atoms with Crippen LogP contribution < -0.4 is 0 Å². The van der Waals surface area contributed by atoms with Gasteiger partial charge in [-0.05, 0) is 36.1 Å². The van der Waals surface area contributed by atoms with E-state index in [0.717, 1.165) is 0 Å². The molecule has 0 bridgehead atoms. The highest BCUT2D eigenvalue weighted by Crippen LogP contribution is 2.28. The highest BCUT2D eigenvalue weighted by molar-refractivity contribution is 6.06. The summed E-state index contributed by atoms with van der Waals surface area (Å²) in [6.07, 6.45) is 0. The van der Waals surface area contributed by atoms with Gasteiger partial charge in [-0.25, -0.2) is 19.6 Å². The highest BCUT2D eigenvalue weighted by atomic mass is 16.5. The van der Waals surface area contributed by atoms with Crippen molar-refractivity contribution in [2.45, 2.75) is 27.7 Å². The van der Waals surface area contributed by atoms with Gasteiger partial charge in [0.05, 0.1) is 46.8 Å². The van der Waals surface area contributed by atoms with Gasteiger partial charge in [0, 0.05) is 10.8 Å². The predicted octanol–water partition coefficient (Wildman–Crippen LogP) is 6.08. The number of benzene rings is 2. The van der Waals surface area contributed by atoms with Gasteiger partial charge in [-0.1, -0.05) is 64.1 Å². The van der Waals surface area contributed by atoms with E-state index in [4.69, 9.17) is 19.4 Å². The minimum atomic E-state index is -0.411. The molecule has 0 radical (unpaired) electrons. The number of hydrogen-bond donors (Lipinski definition) is 0. The number of ether oxygens (including phenoxy) is 2. The van der Waals surface area contributed by atoms with Crippen molar-refractivity contribution in [3.8, 4) is 11.4 Å². The lowest BCUT2D eigenvalue weighted by atomic mass is 10.0. The lowest BCUT2D eigenvalue weighted by Crippen LogP contribution is -2.12. The Morgan fingerprint density at radius 2 is 1.06 bits per heavy atom.